The monoisotopic (exact) mass is 136 g/mol. The van der Waals surface area contributed by atoms with Gasteiger partial charge in [0.05, 0.1) is 12.4 Å². The topological polar surface area (TPSA) is 25.8 Å². The summed E-state index contributed by atoms with van der Waals surface area (Å²) in [6, 6.07) is 0. The first-order valence-corrected chi connectivity index (χ1v) is 2.73. The van der Waals surface area contributed by atoms with Crippen molar-refractivity contribution < 1.29 is 4.39 Å². The molecule has 0 fully saturated rings. The number of hydrogen-bond acceptors (Lipinski definition) is 2. The Bertz CT molecular complexity index is 268. The van der Waals surface area contributed by atoms with Crippen LogP contribution in [-0.2, 0) is 0 Å². The van der Waals surface area contributed by atoms with Crippen LogP contribution in [0.2, 0.25) is 0 Å². The van der Waals surface area contributed by atoms with Crippen molar-refractivity contribution in [3.05, 3.63) is 24.0 Å². The van der Waals surface area contributed by atoms with Crippen LogP contribution >= 0.6 is 0 Å². The molecule has 10 heavy (non-hydrogen) atoms. The quantitative estimate of drug-likeness (QED) is 0.497. The van der Waals surface area contributed by atoms with Crippen molar-refractivity contribution in [3.8, 4) is 11.8 Å². The second-order valence-electron chi connectivity index (χ2n) is 1.60. The van der Waals surface area contributed by atoms with Crippen molar-refractivity contribution in [3.63, 3.8) is 0 Å². The summed E-state index contributed by atoms with van der Waals surface area (Å²) in [5, 5.41) is 0. The third-order valence-electron chi connectivity index (χ3n) is 0.857. The molecule has 3 heteroatoms. The van der Waals surface area contributed by atoms with Crippen LogP contribution in [0.3, 0.4) is 0 Å². The van der Waals surface area contributed by atoms with Gasteiger partial charge in [0.25, 0.3) is 0 Å². The van der Waals surface area contributed by atoms with E-state index in [1.165, 1.54) is 0 Å². The maximum atomic E-state index is 12.2. The van der Waals surface area contributed by atoms with Crippen LogP contribution in [0.25, 0.3) is 0 Å². The Labute approximate surface area is 58.1 Å². The number of nitrogens with zero attached hydrogens (tertiary/aromatic N) is 2. The molecule has 0 atom stereocenters. The first kappa shape index (κ1) is 6.69. The molecule has 1 heterocycles. The average molecular weight is 136 g/mol. The van der Waals surface area contributed by atoms with Gasteiger partial charge in [-0.2, -0.15) is 0 Å². The van der Waals surface area contributed by atoms with Crippen LogP contribution in [0, 0.1) is 17.7 Å². The second kappa shape index (κ2) is 2.92. The number of halogens is 1. The van der Waals surface area contributed by atoms with E-state index in [2.05, 4.69) is 21.8 Å². The van der Waals surface area contributed by atoms with Crippen molar-refractivity contribution in [1.82, 2.24) is 9.97 Å². The van der Waals surface area contributed by atoms with Crippen LogP contribution in [0.4, 0.5) is 4.39 Å². The minimum absolute atomic E-state index is 0.351. The summed E-state index contributed by atoms with van der Waals surface area (Å²) < 4.78 is 12.2. The lowest BCUT2D eigenvalue weighted by Crippen LogP contribution is -1.88. The average Bonchev–Trinajstić information content (AvgIpc) is 1.95. The summed E-state index contributed by atoms with van der Waals surface area (Å²) >= 11 is 0. The van der Waals surface area contributed by atoms with Crippen LogP contribution in [0.1, 0.15) is 12.7 Å². The van der Waals surface area contributed by atoms with Crippen LogP contribution < -0.4 is 0 Å². The molecule has 1 aromatic heterocycles. The van der Waals surface area contributed by atoms with E-state index < -0.39 is 5.82 Å². The maximum Gasteiger partial charge on any atom is 0.204 e. The van der Waals surface area contributed by atoms with E-state index >= 15 is 0 Å². The van der Waals surface area contributed by atoms with E-state index in [0.29, 0.717) is 5.82 Å². The Kier molecular flexibility index (Phi) is 1.96. The zero-order chi connectivity index (χ0) is 7.40. The van der Waals surface area contributed by atoms with E-state index in [-0.39, 0.29) is 0 Å². The Morgan fingerprint density at radius 2 is 2.00 bits per heavy atom. The van der Waals surface area contributed by atoms with Crippen LogP contribution in [0.15, 0.2) is 12.4 Å². The fourth-order valence-electron chi connectivity index (χ4n) is 0.489. The summed E-state index contributed by atoms with van der Waals surface area (Å²) in [5.41, 5.74) is 0. The Morgan fingerprint density at radius 1 is 1.40 bits per heavy atom. The summed E-state index contributed by atoms with van der Waals surface area (Å²) in [6.07, 6.45) is 2.18. The molecule has 0 saturated carbocycles. The smallest absolute Gasteiger partial charge is 0.204 e. The highest BCUT2D eigenvalue weighted by Crippen LogP contribution is 1.90. The standard InChI is InChI=1S/C7H5FN2/c1-2-3-7-9-4-6(8)5-10-7/h4-5H,1H3. The number of aromatic nitrogens is 2. The van der Waals surface area contributed by atoms with Crippen LogP contribution in [0.5, 0.6) is 0 Å². The summed E-state index contributed by atoms with van der Waals surface area (Å²) in [7, 11) is 0. The van der Waals surface area contributed by atoms with Gasteiger partial charge in [0, 0.05) is 0 Å². The predicted molar refractivity (Wildman–Crippen MR) is 34.5 cm³/mol. The molecule has 1 rings (SSSR count). The molecule has 0 N–H and O–H groups in total. The molecule has 0 aliphatic carbocycles. The van der Waals surface area contributed by atoms with Gasteiger partial charge >= 0.3 is 0 Å². The van der Waals surface area contributed by atoms with Crippen molar-refractivity contribution in [2.45, 2.75) is 6.92 Å². The molecule has 0 radical (unpaired) electrons. The molecular formula is C7H5FN2. The first-order valence-electron chi connectivity index (χ1n) is 2.73. The zero-order valence-corrected chi connectivity index (χ0v) is 5.43. The van der Waals surface area contributed by atoms with E-state index in [1.807, 2.05) is 0 Å². The van der Waals surface area contributed by atoms with Gasteiger partial charge in [-0.25, -0.2) is 14.4 Å². The lowest BCUT2D eigenvalue weighted by molar-refractivity contribution is 0.612. The first-order chi connectivity index (χ1) is 4.83. The minimum Gasteiger partial charge on any atom is -0.226 e. The predicted octanol–water partition coefficient (Wildman–Crippen LogP) is 0.987. The SMILES string of the molecule is CC#Cc1ncc(F)cn1. The van der Waals surface area contributed by atoms with E-state index in [9.17, 15) is 4.39 Å². The molecule has 0 aliphatic heterocycles. The third kappa shape index (κ3) is 1.52. The second-order valence-corrected chi connectivity index (χ2v) is 1.60. The Balaban J connectivity index is 2.97. The molecule has 2 nitrogen and oxygen atoms in total. The van der Waals surface area contributed by atoms with Gasteiger partial charge in [-0.05, 0) is 12.8 Å². The summed E-state index contributed by atoms with van der Waals surface area (Å²) in [5.74, 6) is 5.11. The van der Waals surface area contributed by atoms with Gasteiger partial charge in [-0.15, -0.1) is 0 Å². The molecule has 0 aromatic carbocycles. The van der Waals surface area contributed by atoms with Gasteiger partial charge in [0.2, 0.25) is 5.82 Å². The molecule has 0 bridgehead atoms. The zero-order valence-electron chi connectivity index (χ0n) is 5.43. The van der Waals surface area contributed by atoms with Gasteiger partial charge < -0.3 is 0 Å². The molecule has 0 aliphatic rings. The lowest BCUT2D eigenvalue weighted by atomic mass is 10.5. The number of hydrogen-bond donors (Lipinski definition) is 0. The van der Waals surface area contributed by atoms with Crippen molar-refractivity contribution >= 4 is 0 Å². The molecule has 0 spiro atoms. The fraction of sp³-hybridized carbons (Fsp3) is 0.143. The molecule has 1 aromatic rings. The highest BCUT2D eigenvalue weighted by molar-refractivity contribution is 5.18. The summed E-state index contributed by atoms with van der Waals surface area (Å²) in [4.78, 5) is 7.22. The molecule has 0 amide bonds. The summed E-state index contributed by atoms with van der Waals surface area (Å²) in [6.45, 7) is 1.67. The molecule has 50 valence electrons. The highest BCUT2D eigenvalue weighted by Gasteiger charge is 1.89. The van der Waals surface area contributed by atoms with Gasteiger partial charge in [-0.1, -0.05) is 5.92 Å². The largest absolute Gasteiger partial charge is 0.226 e. The van der Waals surface area contributed by atoms with Gasteiger partial charge in [0.15, 0.2) is 5.82 Å². The normalized spacial score (nSPS) is 8.20. The van der Waals surface area contributed by atoms with Gasteiger partial charge in [-0.3, -0.25) is 0 Å². The van der Waals surface area contributed by atoms with Crippen molar-refractivity contribution in [2.24, 2.45) is 0 Å². The van der Waals surface area contributed by atoms with E-state index in [4.69, 9.17) is 0 Å². The van der Waals surface area contributed by atoms with Crippen molar-refractivity contribution in [2.75, 3.05) is 0 Å². The van der Waals surface area contributed by atoms with E-state index in [0.717, 1.165) is 12.4 Å². The lowest BCUT2D eigenvalue weighted by Gasteiger charge is -1.85. The Morgan fingerprint density at radius 3 is 2.50 bits per heavy atom. The maximum absolute atomic E-state index is 12.2. The van der Waals surface area contributed by atoms with Crippen molar-refractivity contribution in [1.29, 1.82) is 0 Å². The number of rotatable bonds is 0. The van der Waals surface area contributed by atoms with Gasteiger partial charge in [0.1, 0.15) is 0 Å². The Hall–Kier alpha value is -1.43. The minimum atomic E-state index is -0.443. The fourth-order valence-corrected chi connectivity index (χ4v) is 0.489. The molecule has 0 saturated heterocycles. The van der Waals surface area contributed by atoms with Crippen LogP contribution in [-0.4, -0.2) is 9.97 Å². The molecular weight excluding hydrogens is 131 g/mol. The molecule has 0 unspecified atom stereocenters. The van der Waals surface area contributed by atoms with E-state index in [1.54, 1.807) is 6.92 Å². The highest BCUT2D eigenvalue weighted by atomic mass is 19.1. The third-order valence-corrected chi connectivity index (χ3v) is 0.857.